The lowest BCUT2D eigenvalue weighted by Gasteiger charge is -2.19. The molecule has 2 amide bonds. The SMILES string of the molecule is CC(C)(C)OC(=O)Nc1cc(-c2ccc(C(F)(F)F)cc2)sc1C(=O)NN. The number of carbonyl (C=O) groups is 2. The lowest BCUT2D eigenvalue weighted by atomic mass is 10.1. The van der Waals surface area contributed by atoms with Crippen molar-refractivity contribution in [2.75, 3.05) is 5.32 Å². The molecule has 10 heteroatoms. The van der Waals surface area contributed by atoms with E-state index in [4.69, 9.17) is 10.6 Å². The molecule has 0 saturated heterocycles. The third kappa shape index (κ3) is 5.44. The predicted molar refractivity (Wildman–Crippen MR) is 96.3 cm³/mol. The summed E-state index contributed by atoms with van der Waals surface area (Å²) in [6.45, 7) is 5.05. The smallest absolute Gasteiger partial charge is 0.416 e. The monoisotopic (exact) mass is 401 g/mol. The highest BCUT2D eigenvalue weighted by molar-refractivity contribution is 7.18. The molecule has 146 valence electrons. The number of nitrogens with one attached hydrogen (secondary N) is 2. The topological polar surface area (TPSA) is 93.4 Å². The Morgan fingerprint density at radius 1 is 1.11 bits per heavy atom. The van der Waals surface area contributed by atoms with Crippen LogP contribution < -0.4 is 16.6 Å². The second kappa shape index (κ2) is 7.57. The number of alkyl halides is 3. The molecular weight excluding hydrogens is 383 g/mol. The van der Waals surface area contributed by atoms with Crippen LogP contribution in [-0.4, -0.2) is 17.6 Å². The largest absolute Gasteiger partial charge is 0.444 e. The number of anilines is 1. The summed E-state index contributed by atoms with van der Waals surface area (Å²) in [6, 6.07) is 5.94. The highest BCUT2D eigenvalue weighted by atomic mass is 32.1. The third-order valence-electron chi connectivity index (χ3n) is 3.20. The minimum Gasteiger partial charge on any atom is -0.444 e. The van der Waals surface area contributed by atoms with Gasteiger partial charge in [-0.2, -0.15) is 13.2 Å². The van der Waals surface area contributed by atoms with E-state index in [2.05, 4.69) is 5.32 Å². The summed E-state index contributed by atoms with van der Waals surface area (Å²) in [5.74, 6) is 4.51. The van der Waals surface area contributed by atoms with Gasteiger partial charge in [-0.15, -0.1) is 11.3 Å². The van der Waals surface area contributed by atoms with E-state index in [-0.39, 0.29) is 10.6 Å². The number of thiophene rings is 1. The molecule has 2 aromatic rings. The van der Waals surface area contributed by atoms with Crippen LogP contribution in [0.25, 0.3) is 10.4 Å². The van der Waals surface area contributed by atoms with Gasteiger partial charge in [0, 0.05) is 4.88 Å². The summed E-state index contributed by atoms with van der Waals surface area (Å²) in [5.41, 5.74) is 1.04. The van der Waals surface area contributed by atoms with Crippen molar-refractivity contribution in [1.29, 1.82) is 0 Å². The van der Waals surface area contributed by atoms with Gasteiger partial charge in [0.2, 0.25) is 0 Å². The summed E-state index contributed by atoms with van der Waals surface area (Å²) >= 11 is 0.975. The van der Waals surface area contributed by atoms with Crippen molar-refractivity contribution in [2.24, 2.45) is 5.84 Å². The van der Waals surface area contributed by atoms with Gasteiger partial charge in [0.25, 0.3) is 5.91 Å². The molecule has 0 saturated carbocycles. The standard InChI is InChI=1S/C17H18F3N3O3S/c1-16(2,3)26-15(25)22-11-8-12(27-13(11)14(24)23-21)9-4-6-10(7-5-9)17(18,19)20/h4-8H,21H2,1-3H3,(H,22,25)(H,23,24). The maximum Gasteiger partial charge on any atom is 0.416 e. The quantitative estimate of drug-likeness (QED) is 0.404. The Morgan fingerprint density at radius 2 is 1.70 bits per heavy atom. The molecule has 27 heavy (non-hydrogen) atoms. The van der Waals surface area contributed by atoms with Crippen LogP contribution in [0.1, 0.15) is 36.0 Å². The second-order valence-corrected chi connectivity index (χ2v) is 7.58. The minimum atomic E-state index is -4.44. The molecule has 0 atom stereocenters. The van der Waals surface area contributed by atoms with E-state index in [1.165, 1.54) is 18.2 Å². The highest BCUT2D eigenvalue weighted by Crippen LogP contribution is 2.37. The lowest BCUT2D eigenvalue weighted by Crippen LogP contribution is -2.31. The van der Waals surface area contributed by atoms with Crippen molar-refractivity contribution < 1.29 is 27.5 Å². The molecule has 0 aliphatic heterocycles. The number of rotatable bonds is 3. The number of ether oxygens (including phenoxy) is 1. The third-order valence-corrected chi connectivity index (χ3v) is 4.38. The number of hydrogen-bond acceptors (Lipinski definition) is 5. The first-order valence-electron chi connectivity index (χ1n) is 7.73. The molecule has 0 aliphatic rings. The first kappa shape index (κ1) is 20.7. The molecule has 2 rings (SSSR count). The highest BCUT2D eigenvalue weighted by Gasteiger charge is 2.30. The van der Waals surface area contributed by atoms with Crippen molar-refractivity contribution >= 4 is 29.0 Å². The number of nitrogen functional groups attached to an aromatic ring is 1. The van der Waals surface area contributed by atoms with Crippen LogP contribution in [-0.2, 0) is 10.9 Å². The van der Waals surface area contributed by atoms with E-state index >= 15 is 0 Å². The number of benzene rings is 1. The summed E-state index contributed by atoms with van der Waals surface area (Å²) in [6.07, 6.45) is -5.22. The van der Waals surface area contributed by atoms with E-state index in [1.54, 1.807) is 20.8 Å². The van der Waals surface area contributed by atoms with E-state index < -0.39 is 29.3 Å². The van der Waals surface area contributed by atoms with Crippen molar-refractivity contribution in [3.63, 3.8) is 0 Å². The molecule has 0 bridgehead atoms. The Kier molecular flexibility index (Phi) is 5.81. The fourth-order valence-corrected chi connectivity index (χ4v) is 3.12. The Hall–Kier alpha value is -2.59. The molecule has 1 heterocycles. The zero-order valence-corrected chi connectivity index (χ0v) is 15.5. The molecule has 4 N–H and O–H groups in total. The van der Waals surface area contributed by atoms with Gasteiger partial charge in [-0.1, -0.05) is 12.1 Å². The van der Waals surface area contributed by atoms with Crippen LogP contribution in [0.15, 0.2) is 30.3 Å². The predicted octanol–water partition coefficient (Wildman–Crippen LogP) is 4.38. The van der Waals surface area contributed by atoms with Gasteiger partial charge in [-0.05, 0) is 44.5 Å². The van der Waals surface area contributed by atoms with E-state index in [0.29, 0.717) is 10.4 Å². The first-order valence-corrected chi connectivity index (χ1v) is 8.55. The molecule has 0 fully saturated rings. The summed E-state index contributed by atoms with van der Waals surface area (Å²) in [5, 5.41) is 2.46. The Bertz CT molecular complexity index is 840. The van der Waals surface area contributed by atoms with Crippen molar-refractivity contribution in [1.82, 2.24) is 5.43 Å². The van der Waals surface area contributed by atoms with Crippen molar-refractivity contribution in [3.05, 3.63) is 40.8 Å². The fourth-order valence-electron chi connectivity index (χ4n) is 2.10. The number of amides is 2. The zero-order chi connectivity index (χ0) is 20.4. The van der Waals surface area contributed by atoms with Crippen LogP contribution >= 0.6 is 11.3 Å². The minimum absolute atomic E-state index is 0.0956. The fraction of sp³-hybridized carbons (Fsp3) is 0.294. The summed E-state index contributed by atoms with van der Waals surface area (Å²) in [7, 11) is 0. The van der Waals surface area contributed by atoms with Crippen LogP contribution in [0.4, 0.5) is 23.7 Å². The number of carbonyl (C=O) groups excluding carboxylic acids is 2. The van der Waals surface area contributed by atoms with Gasteiger partial charge in [0.15, 0.2) is 0 Å². The van der Waals surface area contributed by atoms with Gasteiger partial charge in [-0.25, -0.2) is 10.6 Å². The normalized spacial score (nSPS) is 11.8. The van der Waals surface area contributed by atoms with Gasteiger partial charge in [0.05, 0.1) is 11.3 Å². The molecular formula is C17H18F3N3O3S. The lowest BCUT2D eigenvalue weighted by molar-refractivity contribution is -0.137. The van der Waals surface area contributed by atoms with Crippen LogP contribution in [0.3, 0.4) is 0 Å². The maximum atomic E-state index is 12.7. The van der Waals surface area contributed by atoms with Gasteiger partial charge >= 0.3 is 12.3 Å². The molecule has 1 aromatic carbocycles. The number of hydrogen-bond donors (Lipinski definition) is 3. The Morgan fingerprint density at radius 3 is 2.19 bits per heavy atom. The molecule has 0 radical (unpaired) electrons. The molecule has 0 spiro atoms. The average molecular weight is 401 g/mol. The number of nitrogens with two attached hydrogens (primary N) is 1. The first-order chi connectivity index (χ1) is 12.4. The average Bonchev–Trinajstić information content (AvgIpc) is 2.95. The van der Waals surface area contributed by atoms with Gasteiger partial charge in [-0.3, -0.25) is 15.5 Å². The maximum absolute atomic E-state index is 12.7. The number of halogens is 3. The summed E-state index contributed by atoms with van der Waals surface area (Å²) < 4.78 is 43.2. The molecule has 0 aliphatic carbocycles. The number of hydrazine groups is 1. The second-order valence-electron chi connectivity index (χ2n) is 6.53. The Balaban J connectivity index is 2.35. The van der Waals surface area contributed by atoms with Crippen LogP contribution in [0.2, 0.25) is 0 Å². The Labute approximate surface area is 157 Å². The van der Waals surface area contributed by atoms with E-state index in [0.717, 1.165) is 23.5 Å². The molecule has 1 aromatic heterocycles. The van der Waals surface area contributed by atoms with Crippen molar-refractivity contribution in [2.45, 2.75) is 32.5 Å². The summed E-state index contributed by atoms with van der Waals surface area (Å²) in [4.78, 5) is 24.5. The van der Waals surface area contributed by atoms with Gasteiger partial charge in [0.1, 0.15) is 10.5 Å². The van der Waals surface area contributed by atoms with E-state index in [1.807, 2.05) is 5.43 Å². The van der Waals surface area contributed by atoms with Gasteiger partial charge < -0.3 is 4.74 Å². The van der Waals surface area contributed by atoms with Crippen LogP contribution in [0, 0.1) is 0 Å². The molecule has 6 nitrogen and oxygen atoms in total. The zero-order valence-electron chi connectivity index (χ0n) is 14.7. The van der Waals surface area contributed by atoms with Crippen molar-refractivity contribution in [3.8, 4) is 10.4 Å². The molecule has 0 unspecified atom stereocenters. The van der Waals surface area contributed by atoms with E-state index in [9.17, 15) is 22.8 Å². The van der Waals surface area contributed by atoms with Crippen LogP contribution in [0.5, 0.6) is 0 Å².